The molecule has 0 aromatic heterocycles. The first kappa shape index (κ1) is 15.6. The molecule has 0 aliphatic carbocycles. The quantitative estimate of drug-likeness (QED) is 0.413. The second kappa shape index (κ2) is 7.25. The number of ether oxygens (including phenoxy) is 2. The number of aromatic carboxylic acids is 1. The maximum atomic E-state index is 11.1. The fourth-order valence-corrected chi connectivity index (χ4v) is 1.35. The van der Waals surface area contributed by atoms with Gasteiger partial charge >= 0.3 is 11.9 Å². The molecule has 0 amide bonds. The minimum atomic E-state index is -1.48. The van der Waals surface area contributed by atoms with E-state index in [4.69, 9.17) is 9.47 Å². The van der Waals surface area contributed by atoms with Crippen LogP contribution in [0.5, 0.6) is 11.5 Å². The number of carbonyl (C=O) groups excluding carboxylic acids is 3. The van der Waals surface area contributed by atoms with Crippen molar-refractivity contribution in [1.82, 2.24) is 0 Å². The Kier molecular flexibility index (Phi) is 5.97. The van der Waals surface area contributed by atoms with Crippen molar-refractivity contribution in [1.29, 1.82) is 0 Å². The van der Waals surface area contributed by atoms with Crippen molar-refractivity contribution < 1.29 is 29.0 Å². The molecule has 0 bridgehead atoms. The van der Waals surface area contributed by atoms with Crippen LogP contribution in [-0.4, -0.2) is 28.6 Å². The number of halogens is 2. The number of hydrogen-bond donors (Lipinski definition) is 0. The normalized spacial score (nSPS) is 9.79. The van der Waals surface area contributed by atoms with E-state index in [0.29, 0.717) is 0 Å². The second-order valence-electron chi connectivity index (χ2n) is 3.20. The molecule has 1 rings (SSSR count). The molecule has 0 fully saturated rings. The summed E-state index contributed by atoms with van der Waals surface area (Å²) in [5, 5.41) is 10.7. The first-order valence-corrected chi connectivity index (χ1v) is 7.10. The molecule has 0 N–H and O–H groups in total. The van der Waals surface area contributed by atoms with Gasteiger partial charge in [-0.15, -0.1) is 0 Å². The molecule has 19 heavy (non-hydrogen) atoms. The molecular weight excluding hydrogens is 388 g/mol. The van der Waals surface area contributed by atoms with Gasteiger partial charge in [0.1, 0.15) is 22.2 Å². The third-order valence-electron chi connectivity index (χ3n) is 1.80. The molecule has 0 saturated carbocycles. The summed E-state index contributed by atoms with van der Waals surface area (Å²) >= 11 is 5.79. The molecule has 0 aliphatic rings. The number of carboxylic acids is 1. The number of benzene rings is 1. The molecule has 102 valence electrons. The predicted octanol–water partition coefficient (Wildman–Crippen LogP) is 0.651. The molecule has 0 unspecified atom stereocenters. The largest absolute Gasteiger partial charge is 0.545 e. The third-order valence-corrected chi connectivity index (χ3v) is 2.71. The molecule has 0 atom stereocenters. The van der Waals surface area contributed by atoms with Gasteiger partial charge in [0.2, 0.25) is 0 Å². The van der Waals surface area contributed by atoms with Crippen LogP contribution >= 0.6 is 31.9 Å². The number of alkyl halides is 2. The Labute approximate surface area is 124 Å². The van der Waals surface area contributed by atoms with E-state index in [1.807, 2.05) is 0 Å². The molecular formula is C11H7Br2O6-. The van der Waals surface area contributed by atoms with Crippen LogP contribution in [0.4, 0.5) is 0 Å². The first-order chi connectivity index (χ1) is 8.96. The number of esters is 2. The lowest BCUT2D eigenvalue weighted by Crippen LogP contribution is -2.22. The van der Waals surface area contributed by atoms with E-state index in [0.717, 1.165) is 12.1 Å². The Morgan fingerprint density at radius 2 is 1.37 bits per heavy atom. The van der Waals surface area contributed by atoms with Gasteiger partial charge in [0.05, 0.1) is 5.97 Å². The summed E-state index contributed by atoms with van der Waals surface area (Å²) in [6, 6.07) is 3.43. The van der Waals surface area contributed by atoms with E-state index in [9.17, 15) is 19.5 Å². The van der Waals surface area contributed by atoms with Crippen molar-refractivity contribution in [3.05, 3.63) is 23.8 Å². The Bertz CT molecular complexity index is 478. The van der Waals surface area contributed by atoms with Gasteiger partial charge in [0.25, 0.3) is 0 Å². The Balaban J connectivity index is 3.06. The summed E-state index contributed by atoms with van der Waals surface area (Å²) in [6.45, 7) is 0. The fraction of sp³-hybridized carbons (Fsp3) is 0.182. The zero-order valence-electron chi connectivity index (χ0n) is 9.35. The lowest BCUT2D eigenvalue weighted by Gasteiger charge is -2.10. The Morgan fingerprint density at radius 3 is 1.68 bits per heavy atom. The van der Waals surface area contributed by atoms with Crippen molar-refractivity contribution in [2.45, 2.75) is 0 Å². The van der Waals surface area contributed by atoms with E-state index >= 15 is 0 Å². The minimum Gasteiger partial charge on any atom is -0.545 e. The van der Waals surface area contributed by atoms with Crippen molar-refractivity contribution in [3.63, 3.8) is 0 Å². The average Bonchev–Trinajstić information content (AvgIpc) is 2.37. The Morgan fingerprint density at radius 1 is 0.947 bits per heavy atom. The smallest absolute Gasteiger partial charge is 0.321 e. The summed E-state index contributed by atoms with van der Waals surface area (Å²) in [7, 11) is 0. The fourth-order valence-electron chi connectivity index (χ4n) is 1.12. The van der Waals surface area contributed by atoms with E-state index in [2.05, 4.69) is 31.9 Å². The van der Waals surface area contributed by atoms with Crippen LogP contribution in [-0.2, 0) is 9.59 Å². The van der Waals surface area contributed by atoms with Gasteiger partial charge in [0.15, 0.2) is 0 Å². The number of hydrogen-bond acceptors (Lipinski definition) is 6. The van der Waals surface area contributed by atoms with Gasteiger partial charge in [-0.3, -0.25) is 9.59 Å². The van der Waals surface area contributed by atoms with Crippen molar-refractivity contribution in [2.75, 3.05) is 10.7 Å². The second-order valence-corrected chi connectivity index (χ2v) is 4.32. The van der Waals surface area contributed by atoms with Crippen molar-refractivity contribution in [2.24, 2.45) is 0 Å². The van der Waals surface area contributed by atoms with Crippen LogP contribution in [0.25, 0.3) is 0 Å². The standard InChI is InChI=1S/C11H8Br2O6/c12-4-9(14)18-7-1-6(11(16)17)2-8(3-7)19-10(15)5-13/h1-3H,4-5H2,(H,16,17)/p-1. The monoisotopic (exact) mass is 393 g/mol. The van der Waals surface area contributed by atoms with Crippen LogP contribution in [0.3, 0.4) is 0 Å². The lowest BCUT2D eigenvalue weighted by atomic mass is 10.2. The first-order valence-electron chi connectivity index (χ1n) is 4.86. The zero-order chi connectivity index (χ0) is 14.4. The van der Waals surface area contributed by atoms with Crippen LogP contribution in [0.1, 0.15) is 10.4 Å². The van der Waals surface area contributed by atoms with Gasteiger partial charge in [-0.25, -0.2) is 0 Å². The number of rotatable bonds is 5. The lowest BCUT2D eigenvalue weighted by molar-refractivity contribution is -0.255. The zero-order valence-corrected chi connectivity index (χ0v) is 12.5. The van der Waals surface area contributed by atoms with Crippen LogP contribution in [0, 0.1) is 0 Å². The molecule has 1 aromatic rings. The van der Waals surface area contributed by atoms with E-state index in [-0.39, 0.29) is 27.7 Å². The molecule has 6 nitrogen and oxygen atoms in total. The summed E-state index contributed by atoms with van der Waals surface area (Å²) < 4.78 is 9.66. The van der Waals surface area contributed by atoms with Gasteiger partial charge in [0, 0.05) is 11.6 Å². The summed E-state index contributed by atoms with van der Waals surface area (Å²) in [6.07, 6.45) is 0. The topological polar surface area (TPSA) is 92.7 Å². The highest BCUT2D eigenvalue weighted by Crippen LogP contribution is 2.23. The van der Waals surface area contributed by atoms with E-state index < -0.39 is 17.9 Å². The van der Waals surface area contributed by atoms with Gasteiger partial charge < -0.3 is 19.4 Å². The predicted molar refractivity (Wildman–Crippen MR) is 69.6 cm³/mol. The Hall–Kier alpha value is -1.41. The van der Waals surface area contributed by atoms with E-state index in [1.165, 1.54) is 6.07 Å². The summed E-state index contributed by atoms with van der Waals surface area (Å²) in [4.78, 5) is 33.0. The molecule has 0 heterocycles. The highest BCUT2D eigenvalue weighted by atomic mass is 79.9. The van der Waals surface area contributed by atoms with Crippen LogP contribution < -0.4 is 14.6 Å². The highest BCUT2D eigenvalue weighted by molar-refractivity contribution is 9.09. The number of carbonyl (C=O) groups is 3. The molecule has 1 aromatic carbocycles. The third kappa shape index (κ3) is 4.99. The van der Waals surface area contributed by atoms with E-state index in [1.54, 1.807) is 0 Å². The van der Waals surface area contributed by atoms with Gasteiger partial charge in [-0.05, 0) is 12.1 Å². The molecule has 0 radical (unpaired) electrons. The van der Waals surface area contributed by atoms with Crippen LogP contribution in [0.2, 0.25) is 0 Å². The maximum Gasteiger partial charge on any atom is 0.321 e. The van der Waals surface area contributed by atoms with Crippen molar-refractivity contribution >= 4 is 49.8 Å². The SMILES string of the molecule is O=C(CBr)Oc1cc(OC(=O)CBr)cc(C(=O)[O-])c1. The average molecular weight is 395 g/mol. The maximum absolute atomic E-state index is 11.1. The van der Waals surface area contributed by atoms with Gasteiger partial charge in [-0.2, -0.15) is 0 Å². The highest BCUT2D eigenvalue weighted by Gasteiger charge is 2.10. The molecule has 8 heteroatoms. The molecule has 0 saturated heterocycles. The summed E-state index contributed by atoms with van der Waals surface area (Å²) in [5.41, 5.74) is -0.266. The minimum absolute atomic E-state index is 0.0523. The molecule has 0 spiro atoms. The number of carboxylic acid groups (broad SMARTS) is 1. The van der Waals surface area contributed by atoms with Crippen molar-refractivity contribution in [3.8, 4) is 11.5 Å². The summed E-state index contributed by atoms with van der Waals surface area (Å²) in [5.74, 6) is -2.82. The van der Waals surface area contributed by atoms with Gasteiger partial charge in [-0.1, -0.05) is 31.9 Å². The molecule has 0 aliphatic heterocycles. The van der Waals surface area contributed by atoms with Crippen LogP contribution in [0.15, 0.2) is 18.2 Å².